The van der Waals surface area contributed by atoms with Gasteiger partial charge in [-0.3, -0.25) is 14.5 Å². The summed E-state index contributed by atoms with van der Waals surface area (Å²) < 4.78 is 5.22. The lowest BCUT2D eigenvalue weighted by molar-refractivity contribution is -0.117. The van der Waals surface area contributed by atoms with Crippen LogP contribution in [0.25, 0.3) is 0 Å². The van der Waals surface area contributed by atoms with Gasteiger partial charge in [0.05, 0.1) is 18.0 Å². The molecule has 8 heteroatoms. The third-order valence-corrected chi connectivity index (χ3v) is 5.83. The molecule has 3 rings (SSSR count). The Morgan fingerprint density at radius 1 is 1.32 bits per heavy atom. The molecule has 1 aliphatic rings. The fourth-order valence-corrected chi connectivity index (χ4v) is 4.36. The summed E-state index contributed by atoms with van der Waals surface area (Å²) in [5.74, 6) is -0.604. The van der Waals surface area contributed by atoms with Crippen LogP contribution in [0.3, 0.4) is 0 Å². The van der Waals surface area contributed by atoms with E-state index in [1.54, 1.807) is 30.3 Å². The summed E-state index contributed by atoms with van der Waals surface area (Å²) in [6.07, 6.45) is 0.352. The highest BCUT2D eigenvalue weighted by molar-refractivity contribution is 8.05. The SMILES string of the molecule is COc1cccc(N2C(=O)[C@H](Cc3ccccc3Cl)S/C2=C(/C#N)C(N)=O)c1. The molecule has 0 radical (unpaired) electrons. The summed E-state index contributed by atoms with van der Waals surface area (Å²) in [5.41, 5.74) is 6.41. The predicted octanol–water partition coefficient (Wildman–Crippen LogP) is 3.26. The number of carbonyl (C=O) groups is 2. The van der Waals surface area contributed by atoms with Crippen LogP contribution in [0.5, 0.6) is 5.75 Å². The molecule has 1 saturated heterocycles. The standard InChI is InChI=1S/C20H16ClN3O3S/c1-27-14-7-4-6-13(10-14)24-19(26)17(9-12-5-2-3-8-16(12)21)28-20(24)15(11-22)18(23)25/h2-8,10,17H,9H2,1H3,(H2,23,25)/b20-15-/t17-/m0/s1. The molecule has 1 aliphatic heterocycles. The Bertz CT molecular complexity index is 1020. The minimum absolute atomic E-state index is 0.213. The third kappa shape index (κ3) is 3.84. The van der Waals surface area contributed by atoms with Crippen molar-refractivity contribution < 1.29 is 14.3 Å². The van der Waals surface area contributed by atoms with Crippen molar-refractivity contribution in [1.82, 2.24) is 0 Å². The Labute approximate surface area is 171 Å². The number of primary amides is 1. The molecular weight excluding hydrogens is 398 g/mol. The van der Waals surface area contributed by atoms with Crippen molar-refractivity contribution in [2.75, 3.05) is 12.0 Å². The predicted molar refractivity (Wildman–Crippen MR) is 109 cm³/mol. The molecule has 0 aromatic heterocycles. The zero-order chi connectivity index (χ0) is 20.3. The van der Waals surface area contributed by atoms with Crippen LogP contribution in [-0.2, 0) is 16.0 Å². The van der Waals surface area contributed by atoms with Gasteiger partial charge in [0.2, 0.25) is 5.91 Å². The number of thioether (sulfide) groups is 1. The Kier molecular flexibility index (Phi) is 5.93. The maximum absolute atomic E-state index is 13.2. The molecule has 2 aromatic carbocycles. The zero-order valence-electron chi connectivity index (χ0n) is 14.9. The zero-order valence-corrected chi connectivity index (χ0v) is 16.5. The molecule has 1 heterocycles. The number of hydrogen-bond donors (Lipinski definition) is 1. The van der Waals surface area contributed by atoms with E-state index in [0.717, 1.165) is 17.3 Å². The lowest BCUT2D eigenvalue weighted by Gasteiger charge is -2.19. The van der Waals surface area contributed by atoms with E-state index in [2.05, 4.69) is 0 Å². The van der Waals surface area contributed by atoms with E-state index in [9.17, 15) is 14.9 Å². The van der Waals surface area contributed by atoms with E-state index >= 15 is 0 Å². The van der Waals surface area contributed by atoms with Gasteiger partial charge in [-0.05, 0) is 30.2 Å². The van der Waals surface area contributed by atoms with E-state index in [0.29, 0.717) is 22.9 Å². The van der Waals surface area contributed by atoms with Gasteiger partial charge in [-0.1, -0.05) is 47.6 Å². The summed E-state index contributed by atoms with van der Waals surface area (Å²) in [6, 6.07) is 15.9. The first-order valence-corrected chi connectivity index (χ1v) is 9.54. The summed E-state index contributed by atoms with van der Waals surface area (Å²) in [4.78, 5) is 26.3. The number of anilines is 1. The van der Waals surface area contributed by atoms with Gasteiger partial charge in [0.25, 0.3) is 5.91 Å². The smallest absolute Gasteiger partial charge is 0.262 e. The minimum Gasteiger partial charge on any atom is -0.497 e. The van der Waals surface area contributed by atoms with Crippen LogP contribution in [0.2, 0.25) is 5.02 Å². The molecule has 6 nitrogen and oxygen atoms in total. The van der Waals surface area contributed by atoms with Gasteiger partial charge in [-0.25, -0.2) is 0 Å². The maximum Gasteiger partial charge on any atom is 0.262 e. The maximum atomic E-state index is 13.2. The fourth-order valence-electron chi connectivity index (χ4n) is 2.85. The van der Waals surface area contributed by atoms with Crippen LogP contribution in [-0.4, -0.2) is 24.2 Å². The van der Waals surface area contributed by atoms with E-state index in [1.165, 1.54) is 12.0 Å². The summed E-state index contributed by atoms with van der Waals surface area (Å²) in [7, 11) is 1.51. The monoisotopic (exact) mass is 413 g/mol. The molecule has 0 saturated carbocycles. The molecule has 2 amide bonds. The number of ether oxygens (including phenoxy) is 1. The largest absolute Gasteiger partial charge is 0.497 e. The number of methoxy groups -OCH3 is 1. The number of benzene rings is 2. The van der Waals surface area contributed by atoms with Gasteiger partial charge in [-0.2, -0.15) is 5.26 Å². The number of halogens is 1. The quantitative estimate of drug-likeness (QED) is 0.599. The van der Waals surface area contributed by atoms with Crippen LogP contribution < -0.4 is 15.4 Å². The van der Waals surface area contributed by atoms with Crippen molar-refractivity contribution in [3.63, 3.8) is 0 Å². The number of rotatable bonds is 5. The number of nitriles is 1. The number of nitrogens with two attached hydrogens (primary N) is 1. The highest BCUT2D eigenvalue weighted by atomic mass is 35.5. The van der Waals surface area contributed by atoms with Crippen LogP contribution in [0.15, 0.2) is 59.1 Å². The summed E-state index contributed by atoms with van der Waals surface area (Å²) in [6.45, 7) is 0. The normalized spacial score (nSPS) is 18.0. The van der Waals surface area contributed by atoms with Crippen LogP contribution >= 0.6 is 23.4 Å². The third-order valence-electron chi connectivity index (χ3n) is 4.20. The van der Waals surface area contributed by atoms with Crippen molar-refractivity contribution in [3.05, 3.63) is 69.7 Å². The van der Waals surface area contributed by atoms with Crippen LogP contribution in [0.1, 0.15) is 5.56 Å². The molecule has 1 fully saturated rings. The Balaban J connectivity index is 2.06. The van der Waals surface area contributed by atoms with Crippen LogP contribution in [0.4, 0.5) is 5.69 Å². The number of amides is 2. The van der Waals surface area contributed by atoms with Gasteiger partial charge in [0.1, 0.15) is 22.4 Å². The van der Waals surface area contributed by atoms with Crippen molar-refractivity contribution in [2.45, 2.75) is 11.7 Å². The second kappa shape index (κ2) is 8.38. The molecule has 142 valence electrons. The van der Waals surface area contributed by atoms with E-state index in [4.69, 9.17) is 22.1 Å². The molecule has 2 aromatic rings. The van der Waals surface area contributed by atoms with E-state index in [-0.39, 0.29) is 16.5 Å². The van der Waals surface area contributed by atoms with Gasteiger partial charge in [0.15, 0.2) is 0 Å². The fraction of sp³-hybridized carbons (Fsp3) is 0.150. The molecule has 0 bridgehead atoms. The lowest BCUT2D eigenvalue weighted by atomic mass is 10.1. The topological polar surface area (TPSA) is 96.4 Å². The Morgan fingerprint density at radius 3 is 2.71 bits per heavy atom. The van der Waals surface area contributed by atoms with Gasteiger partial charge < -0.3 is 10.5 Å². The molecule has 2 N–H and O–H groups in total. The van der Waals surface area contributed by atoms with Gasteiger partial charge >= 0.3 is 0 Å². The van der Waals surface area contributed by atoms with Crippen molar-refractivity contribution in [2.24, 2.45) is 5.73 Å². The molecule has 0 spiro atoms. The molecule has 1 atom stereocenters. The number of nitrogens with zero attached hydrogens (tertiary/aromatic N) is 2. The van der Waals surface area contributed by atoms with Crippen molar-refractivity contribution >= 4 is 40.9 Å². The Morgan fingerprint density at radius 2 is 2.07 bits per heavy atom. The van der Waals surface area contributed by atoms with Gasteiger partial charge in [0, 0.05) is 11.1 Å². The van der Waals surface area contributed by atoms with Gasteiger partial charge in [-0.15, -0.1) is 0 Å². The van der Waals surface area contributed by atoms with Crippen molar-refractivity contribution in [1.29, 1.82) is 5.26 Å². The minimum atomic E-state index is -0.885. The molecule has 0 unspecified atom stereocenters. The van der Waals surface area contributed by atoms with E-state index < -0.39 is 11.2 Å². The average molecular weight is 414 g/mol. The highest BCUT2D eigenvalue weighted by Crippen LogP contribution is 2.42. The lowest BCUT2D eigenvalue weighted by Crippen LogP contribution is -2.31. The second-order valence-electron chi connectivity index (χ2n) is 5.93. The summed E-state index contributed by atoms with van der Waals surface area (Å²) in [5, 5.41) is 9.64. The molecule has 28 heavy (non-hydrogen) atoms. The molecular formula is C20H16ClN3O3S. The average Bonchev–Trinajstić information content (AvgIpc) is 3.00. The number of carbonyl (C=O) groups excluding carboxylic acids is 2. The first kappa shape index (κ1) is 19.8. The highest BCUT2D eigenvalue weighted by Gasteiger charge is 2.40. The van der Waals surface area contributed by atoms with Crippen molar-refractivity contribution in [3.8, 4) is 11.8 Å². The Hall–Kier alpha value is -2.95. The molecule has 0 aliphatic carbocycles. The first-order valence-electron chi connectivity index (χ1n) is 8.28. The first-order chi connectivity index (χ1) is 13.5. The van der Waals surface area contributed by atoms with Crippen LogP contribution in [0, 0.1) is 11.3 Å². The second-order valence-corrected chi connectivity index (χ2v) is 7.53. The summed E-state index contributed by atoms with van der Waals surface area (Å²) >= 11 is 7.36. The number of hydrogen-bond acceptors (Lipinski definition) is 5. The van der Waals surface area contributed by atoms with E-state index in [1.807, 2.05) is 24.3 Å².